The Balaban J connectivity index is 1.28. The highest BCUT2D eigenvalue weighted by Crippen LogP contribution is 2.34. The number of aryl methyl sites for hydroxylation is 1. The molecule has 0 bridgehead atoms. The minimum absolute atomic E-state index is 0.0646. The Morgan fingerprint density at radius 1 is 0.971 bits per heavy atom. The van der Waals surface area contributed by atoms with Crippen molar-refractivity contribution >= 4 is 27.5 Å². The van der Waals surface area contributed by atoms with Gasteiger partial charge in [0.15, 0.2) is 5.76 Å². The van der Waals surface area contributed by atoms with Gasteiger partial charge in [0.2, 0.25) is 5.91 Å². The van der Waals surface area contributed by atoms with Crippen LogP contribution in [0.3, 0.4) is 0 Å². The number of piperazine rings is 1. The van der Waals surface area contributed by atoms with Gasteiger partial charge in [-0.15, -0.1) is 0 Å². The number of fused-ring (bicyclic) bond motifs is 1. The maximum absolute atomic E-state index is 13.6. The highest BCUT2D eigenvalue weighted by atomic mass is 32.2. The molecule has 2 amide bonds. The molecule has 2 aliphatic heterocycles. The first kappa shape index (κ1) is 23.2. The number of carbonyl (C=O) groups is 2. The fourth-order valence-electron chi connectivity index (χ4n) is 4.82. The molecule has 0 aliphatic carbocycles. The summed E-state index contributed by atoms with van der Waals surface area (Å²) in [7, 11) is -3.82. The zero-order valence-electron chi connectivity index (χ0n) is 19.7. The normalized spacial score (nSPS) is 16.0. The predicted octanol–water partition coefficient (Wildman–Crippen LogP) is 1.83. The van der Waals surface area contributed by atoms with Gasteiger partial charge in [-0.3, -0.25) is 18.6 Å². The predicted molar refractivity (Wildman–Crippen MR) is 128 cm³/mol. The number of hydrogen-bond acceptors (Lipinski definition) is 6. The molecule has 1 aromatic carbocycles. The van der Waals surface area contributed by atoms with Gasteiger partial charge in [-0.25, -0.2) is 8.42 Å². The summed E-state index contributed by atoms with van der Waals surface area (Å²) < 4.78 is 35.2. The molecule has 0 spiro atoms. The molecule has 0 unspecified atom stereocenters. The number of sulfonamides is 1. The summed E-state index contributed by atoms with van der Waals surface area (Å²) in [6, 6.07) is 10.8. The number of hydrogen-bond donors (Lipinski definition) is 0. The maximum Gasteiger partial charge on any atom is 0.289 e. The average molecular weight is 498 g/mol. The van der Waals surface area contributed by atoms with E-state index in [9.17, 15) is 18.0 Å². The zero-order valence-corrected chi connectivity index (χ0v) is 20.5. The number of nitrogens with zero attached hydrogens (tertiary/aromatic N) is 5. The summed E-state index contributed by atoms with van der Waals surface area (Å²) >= 11 is 0. The van der Waals surface area contributed by atoms with Crippen LogP contribution in [0.5, 0.6) is 0 Å². The number of aromatic nitrogens is 2. The van der Waals surface area contributed by atoms with E-state index < -0.39 is 10.0 Å². The molecule has 0 saturated carbocycles. The fraction of sp³-hybridized carbons (Fsp3) is 0.375. The topological polar surface area (TPSA) is 109 Å². The van der Waals surface area contributed by atoms with Gasteiger partial charge in [0.05, 0.1) is 23.3 Å². The van der Waals surface area contributed by atoms with E-state index in [1.54, 1.807) is 35.8 Å². The van der Waals surface area contributed by atoms with Gasteiger partial charge < -0.3 is 14.2 Å². The van der Waals surface area contributed by atoms with E-state index in [0.29, 0.717) is 56.2 Å². The monoisotopic (exact) mass is 497 g/mol. The minimum atomic E-state index is -3.82. The third kappa shape index (κ3) is 4.09. The van der Waals surface area contributed by atoms with Crippen LogP contribution in [0.4, 0.5) is 5.69 Å². The first-order valence-electron chi connectivity index (χ1n) is 11.5. The van der Waals surface area contributed by atoms with Crippen molar-refractivity contribution in [1.29, 1.82) is 0 Å². The Labute approximate surface area is 203 Å². The van der Waals surface area contributed by atoms with Crippen molar-refractivity contribution in [3.63, 3.8) is 0 Å². The quantitative estimate of drug-likeness (QED) is 0.532. The second-order valence-corrected chi connectivity index (χ2v) is 10.6. The lowest BCUT2D eigenvalue weighted by molar-refractivity contribution is -0.133. The molecule has 184 valence electrons. The number of rotatable bonds is 5. The minimum Gasteiger partial charge on any atom is -0.459 e. The van der Waals surface area contributed by atoms with Crippen molar-refractivity contribution in [2.24, 2.45) is 0 Å². The smallest absolute Gasteiger partial charge is 0.289 e. The molecule has 2 aliphatic rings. The molecule has 1 saturated heterocycles. The largest absolute Gasteiger partial charge is 0.459 e. The first-order valence-corrected chi connectivity index (χ1v) is 13.0. The van der Waals surface area contributed by atoms with Crippen LogP contribution in [0.2, 0.25) is 0 Å². The van der Waals surface area contributed by atoms with E-state index >= 15 is 0 Å². The van der Waals surface area contributed by atoms with Gasteiger partial charge in [0, 0.05) is 32.7 Å². The van der Waals surface area contributed by atoms with Crippen LogP contribution in [0.1, 0.15) is 27.5 Å². The summed E-state index contributed by atoms with van der Waals surface area (Å²) in [5.41, 5.74) is 2.50. The SMILES string of the molecule is Cc1nn(CC(=O)N2CCN(C(=O)c3ccco3)CC2)c(C)c1S(=O)(=O)N1CCc2ccccc21. The highest BCUT2D eigenvalue weighted by Gasteiger charge is 2.35. The van der Waals surface area contributed by atoms with Crippen LogP contribution >= 0.6 is 0 Å². The van der Waals surface area contributed by atoms with Crippen molar-refractivity contribution < 1.29 is 22.4 Å². The van der Waals surface area contributed by atoms with E-state index in [4.69, 9.17) is 4.42 Å². The van der Waals surface area contributed by atoms with E-state index in [2.05, 4.69) is 5.10 Å². The van der Waals surface area contributed by atoms with E-state index in [-0.39, 0.29) is 29.0 Å². The second-order valence-electron chi connectivity index (χ2n) is 8.76. The van der Waals surface area contributed by atoms with Crippen molar-refractivity contribution in [2.45, 2.75) is 31.7 Å². The summed E-state index contributed by atoms with van der Waals surface area (Å²) in [4.78, 5) is 28.9. The van der Waals surface area contributed by atoms with Crippen LogP contribution < -0.4 is 4.31 Å². The number of furan rings is 1. The van der Waals surface area contributed by atoms with Crippen LogP contribution in [0.25, 0.3) is 0 Å². The Morgan fingerprint density at radius 2 is 1.69 bits per heavy atom. The molecule has 4 heterocycles. The van der Waals surface area contributed by atoms with Crippen molar-refractivity contribution in [3.05, 3.63) is 65.4 Å². The number of anilines is 1. The van der Waals surface area contributed by atoms with E-state index in [1.165, 1.54) is 15.3 Å². The molecule has 5 rings (SSSR count). The van der Waals surface area contributed by atoms with Crippen LogP contribution in [0.15, 0.2) is 52.0 Å². The molecule has 11 heteroatoms. The summed E-state index contributed by atoms with van der Waals surface area (Å²) in [6.07, 6.45) is 2.12. The second kappa shape index (κ2) is 8.88. The van der Waals surface area contributed by atoms with Gasteiger partial charge >= 0.3 is 0 Å². The molecule has 0 N–H and O–H groups in total. The zero-order chi connectivity index (χ0) is 24.7. The standard InChI is InChI=1S/C24H27N5O5S/c1-17-23(35(32,33)29-10-9-19-6-3-4-7-20(19)29)18(2)28(25-17)16-22(30)26-11-13-27(14-12-26)24(31)21-8-5-15-34-21/h3-8,15H,9-14,16H2,1-2H3. The van der Waals surface area contributed by atoms with Crippen molar-refractivity contribution in [1.82, 2.24) is 19.6 Å². The molecule has 0 atom stereocenters. The Bertz CT molecular complexity index is 1370. The summed E-state index contributed by atoms with van der Waals surface area (Å²) in [5, 5.41) is 4.40. The van der Waals surface area contributed by atoms with Gasteiger partial charge in [-0.1, -0.05) is 18.2 Å². The van der Waals surface area contributed by atoms with Gasteiger partial charge in [0.25, 0.3) is 15.9 Å². The lowest BCUT2D eigenvalue weighted by Gasteiger charge is -2.34. The van der Waals surface area contributed by atoms with Gasteiger partial charge in [-0.2, -0.15) is 5.10 Å². The van der Waals surface area contributed by atoms with Crippen molar-refractivity contribution in [2.75, 3.05) is 37.0 Å². The van der Waals surface area contributed by atoms with Crippen LogP contribution in [-0.2, 0) is 27.8 Å². The Hall–Kier alpha value is -3.60. The number of benzene rings is 1. The van der Waals surface area contributed by atoms with Crippen LogP contribution in [-0.4, -0.2) is 72.5 Å². The summed E-state index contributed by atoms with van der Waals surface area (Å²) in [6.45, 7) is 5.23. The van der Waals surface area contributed by atoms with E-state index in [1.807, 2.05) is 24.3 Å². The third-order valence-corrected chi connectivity index (χ3v) is 8.71. The Morgan fingerprint density at radius 3 is 2.40 bits per heavy atom. The number of carbonyl (C=O) groups excluding carboxylic acids is 2. The lowest BCUT2D eigenvalue weighted by Crippen LogP contribution is -2.51. The molecular formula is C24H27N5O5S. The van der Waals surface area contributed by atoms with Crippen molar-refractivity contribution in [3.8, 4) is 0 Å². The first-order chi connectivity index (χ1) is 16.8. The van der Waals surface area contributed by atoms with E-state index in [0.717, 1.165) is 5.56 Å². The molecule has 35 heavy (non-hydrogen) atoms. The maximum atomic E-state index is 13.6. The van der Waals surface area contributed by atoms with Gasteiger partial charge in [-0.05, 0) is 44.0 Å². The molecule has 0 radical (unpaired) electrons. The molecule has 3 aromatic rings. The Kier molecular flexibility index (Phi) is 5.87. The molecule has 10 nitrogen and oxygen atoms in total. The third-order valence-electron chi connectivity index (χ3n) is 6.64. The number of para-hydroxylation sites is 1. The molecular weight excluding hydrogens is 470 g/mol. The lowest BCUT2D eigenvalue weighted by atomic mass is 10.2. The van der Waals surface area contributed by atoms with Gasteiger partial charge in [0.1, 0.15) is 11.4 Å². The molecule has 1 fully saturated rings. The van der Waals surface area contributed by atoms with Crippen LogP contribution in [0, 0.1) is 13.8 Å². The number of amides is 2. The highest BCUT2D eigenvalue weighted by molar-refractivity contribution is 7.93. The average Bonchev–Trinajstić information content (AvgIpc) is 3.58. The molecule has 2 aromatic heterocycles. The fourth-order valence-corrected chi connectivity index (χ4v) is 6.70. The summed E-state index contributed by atoms with van der Waals surface area (Å²) in [5.74, 6) is -0.0862.